The van der Waals surface area contributed by atoms with Gasteiger partial charge in [0, 0.05) is 0 Å². The third kappa shape index (κ3) is 9.65. The van der Waals surface area contributed by atoms with Gasteiger partial charge in [0.05, 0.1) is 12.9 Å². The molecule has 1 rings (SSSR count). The third-order valence-electron chi connectivity index (χ3n) is 4.10. The van der Waals surface area contributed by atoms with Crippen molar-refractivity contribution in [3.05, 3.63) is 42.2 Å². The van der Waals surface area contributed by atoms with Crippen LogP contribution in [-0.2, 0) is 4.74 Å². The average molecular weight is 303 g/mol. The van der Waals surface area contributed by atoms with E-state index >= 15 is 0 Å². The van der Waals surface area contributed by atoms with Gasteiger partial charge in [0.1, 0.15) is 0 Å². The fourth-order valence-corrected chi connectivity index (χ4v) is 2.63. The van der Waals surface area contributed by atoms with E-state index in [1.165, 1.54) is 75.3 Å². The minimum atomic E-state index is 0.848. The maximum atomic E-state index is 5.66. The lowest BCUT2D eigenvalue weighted by atomic mass is 10.1. The van der Waals surface area contributed by atoms with Crippen LogP contribution in [0.4, 0.5) is 0 Å². The smallest absolute Gasteiger partial charge is 0.0873 e. The van der Waals surface area contributed by atoms with Crippen molar-refractivity contribution in [1.82, 2.24) is 0 Å². The van der Waals surface area contributed by atoms with Gasteiger partial charge in [-0.25, -0.2) is 0 Å². The monoisotopic (exact) mass is 302 g/mol. The number of hydrogen-bond donors (Lipinski definition) is 0. The molecule has 0 radical (unpaired) electrons. The number of rotatable bonds is 13. The predicted molar refractivity (Wildman–Crippen MR) is 97.9 cm³/mol. The van der Waals surface area contributed by atoms with Crippen LogP contribution in [0.5, 0.6) is 0 Å². The number of unbranched alkanes of at least 4 members (excludes halogenated alkanes) is 9. The van der Waals surface area contributed by atoms with Crippen LogP contribution in [0.25, 0.3) is 5.57 Å². The quantitative estimate of drug-likeness (QED) is 0.282. The molecule has 0 spiro atoms. The molecule has 0 saturated heterocycles. The third-order valence-corrected chi connectivity index (χ3v) is 4.10. The summed E-state index contributed by atoms with van der Waals surface area (Å²) < 4.78 is 5.66. The van der Waals surface area contributed by atoms with E-state index in [-0.39, 0.29) is 0 Å². The van der Waals surface area contributed by atoms with Crippen LogP contribution < -0.4 is 0 Å². The summed E-state index contributed by atoms with van der Waals surface area (Å²) in [6.45, 7) is 5.23. The Morgan fingerprint density at radius 3 is 1.95 bits per heavy atom. The van der Waals surface area contributed by atoms with Crippen molar-refractivity contribution in [3.8, 4) is 0 Å². The van der Waals surface area contributed by atoms with Crippen molar-refractivity contribution in [3.63, 3.8) is 0 Å². The number of ether oxygens (including phenoxy) is 1. The summed E-state index contributed by atoms with van der Waals surface area (Å²) in [6, 6.07) is 10.4. The topological polar surface area (TPSA) is 9.23 Å². The summed E-state index contributed by atoms with van der Waals surface area (Å²) in [6.07, 6.45) is 15.6. The fraction of sp³-hybridized carbons (Fsp3) is 0.619. The molecule has 1 nitrogen and oxygen atoms in total. The van der Waals surface area contributed by atoms with Gasteiger partial charge in [-0.3, -0.25) is 0 Å². The molecule has 0 aliphatic carbocycles. The summed E-state index contributed by atoms with van der Waals surface area (Å²) in [5.74, 6) is 0. The van der Waals surface area contributed by atoms with Crippen molar-refractivity contribution in [2.24, 2.45) is 0 Å². The molecule has 0 atom stereocenters. The molecule has 124 valence electrons. The molecule has 0 bridgehead atoms. The van der Waals surface area contributed by atoms with E-state index in [0.717, 1.165) is 6.61 Å². The lowest BCUT2D eigenvalue weighted by molar-refractivity contribution is 0.241. The molecule has 1 heteroatoms. The lowest BCUT2D eigenvalue weighted by Gasteiger charge is -2.05. The molecule has 0 N–H and O–H groups in total. The second-order valence-electron chi connectivity index (χ2n) is 6.22. The van der Waals surface area contributed by atoms with Crippen molar-refractivity contribution >= 4 is 5.57 Å². The molecule has 1 aromatic carbocycles. The maximum Gasteiger partial charge on any atom is 0.0873 e. The van der Waals surface area contributed by atoms with Gasteiger partial charge < -0.3 is 4.74 Å². The Balaban J connectivity index is 1.91. The second-order valence-corrected chi connectivity index (χ2v) is 6.22. The number of hydrogen-bond acceptors (Lipinski definition) is 1. The highest BCUT2D eigenvalue weighted by Crippen LogP contribution is 2.13. The lowest BCUT2D eigenvalue weighted by Crippen LogP contribution is -1.90. The van der Waals surface area contributed by atoms with Gasteiger partial charge in [-0.1, -0.05) is 95.0 Å². The zero-order chi connectivity index (χ0) is 15.9. The van der Waals surface area contributed by atoms with Gasteiger partial charge in [-0.05, 0) is 24.5 Å². The Kier molecular flexibility index (Phi) is 11.5. The van der Waals surface area contributed by atoms with E-state index in [9.17, 15) is 0 Å². The molecule has 0 aliphatic heterocycles. The number of benzene rings is 1. The minimum absolute atomic E-state index is 0.848. The van der Waals surface area contributed by atoms with Crippen molar-refractivity contribution in [2.45, 2.75) is 78.1 Å². The van der Waals surface area contributed by atoms with Crippen molar-refractivity contribution in [2.75, 3.05) is 6.61 Å². The molecular formula is C21H34O. The Morgan fingerprint density at radius 1 is 0.818 bits per heavy atom. The van der Waals surface area contributed by atoms with Crippen LogP contribution in [0, 0.1) is 0 Å². The molecule has 0 fully saturated rings. The Labute approximate surface area is 137 Å². The van der Waals surface area contributed by atoms with Crippen LogP contribution >= 0.6 is 0 Å². The normalized spacial score (nSPS) is 11.6. The first kappa shape index (κ1) is 18.8. The van der Waals surface area contributed by atoms with Gasteiger partial charge >= 0.3 is 0 Å². The maximum absolute atomic E-state index is 5.66. The van der Waals surface area contributed by atoms with E-state index in [2.05, 4.69) is 38.1 Å². The molecule has 1 aromatic rings. The summed E-state index contributed by atoms with van der Waals surface area (Å²) >= 11 is 0. The Bertz CT molecular complexity index is 380. The van der Waals surface area contributed by atoms with Crippen LogP contribution in [0.2, 0.25) is 0 Å². The summed E-state index contributed by atoms with van der Waals surface area (Å²) in [5, 5.41) is 0. The van der Waals surface area contributed by atoms with Crippen LogP contribution in [0.1, 0.15) is 83.6 Å². The molecule has 0 aromatic heterocycles. The molecule has 0 saturated carbocycles. The van der Waals surface area contributed by atoms with Gasteiger partial charge in [0.15, 0.2) is 0 Å². The van der Waals surface area contributed by atoms with Crippen molar-refractivity contribution in [1.29, 1.82) is 0 Å². The first-order valence-corrected chi connectivity index (χ1v) is 9.18. The average Bonchev–Trinajstić information content (AvgIpc) is 2.56. The zero-order valence-corrected chi connectivity index (χ0v) is 14.7. The van der Waals surface area contributed by atoms with Crippen LogP contribution in [0.3, 0.4) is 0 Å². The SMILES string of the molecule is CCCCCCCCCCCCOC=C(C)c1ccccc1. The second kappa shape index (κ2) is 13.4. The molecule has 0 aliphatic rings. The standard InChI is InChI=1S/C21H34O/c1-3-4-5-6-7-8-9-10-11-15-18-22-19-20(2)21-16-13-12-14-17-21/h12-14,16-17,19H,3-11,15,18H2,1-2H3. The fourth-order valence-electron chi connectivity index (χ4n) is 2.63. The van der Waals surface area contributed by atoms with E-state index in [4.69, 9.17) is 4.74 Å². The van der Waals surface area contributed by atoms with Gasteiger partial charge in [0.25, 0.3) is 0 Å². The predicted octanol–water partition coefficient (Wildman–Crippen LogP) is 6.98. The van der Waals surface area contributed by atoms with E-state index in [0.29, 0.717) is 0 Å². The van der Waals surface area contributed by atoms with E-state index < -0.39 is 0 Å². The van der Waals surface area contributed by atoms with E-state index in [1.807, 2.05) is 12.3 Å². The zero-order valence-electron chi connectivity index (χ0n) is 14.7. The van der Waals surface area contributed by atoms with Gasteiger partial charge in [-0.2, -0.15) is 0 Å². The molecule has 22 heavy (non-hydrogen) atoms. The van der Waals surface area contributed by atoms with Crippen LogP contribution in [0.15, 0.2) is 36.6 Å². The minimum Gasteiger partial charge on any atom is -0.501 e. The molecule has 0 amide bonds. The highest BCUT2D eigenvalue weighted by molar-refractivity contribution is 5.62. The first-order valence-electron chi connectivity index (χ1n) is 9.18. The summed E-state index contributed by atoms with van der Waals surface area (Å²) in [5.41, 5.74) is 2.44. The molecular weight excluding hydrogens is 268 g/mol. The highest BCUT2D eigenvalue weighted by atomic mass is 16.5. The highest BCUT2D eigenvalue weighted by Gasteiger charge is 1.95. The summed E-state index contributed by atoms with van der Waals surface area (Å²) in [7, 11) is 0. The Morgan fingerprint density at radius 2 is 1.36 bits per heavy atom. The van der Waals surface area contributed by atoms with Gasteiger partial charge in [-0.15, -0.1) is 0 Å². The van der Waals surface area contributed by atoms with Crippen molar-refractivity contribution < 1.29 is 4.74 Å². The number of allylic oxidation sites excluding steroid dienone is 1. The first-order chi connectivity index (χ1) is 10.8. The van der Waals surface area contributed by atoms with Gasteiger partial charge in [0.2, 0.25) is 0 Å². The molecule has 0 heterocycles. The Hall–Kier alpha value is -1.24. The summed E-state index contributed by atoms with van der Waals surface area (Å²) in [4.78, 5) is 0. The molecule has 0 unspecified atom stereocenters. The largest absolute Gasteiger partial charge is 0.501 e. The van der Waals surface area contributed by atoms with E-state index in [1.54, 1.807) is 0 Å². The van der Waals surface area contributed by atoms with Crippen LogP contribution in [-0.4, -0.2) is 6.61 Å².